The maximum absolute atomic E-state index is 13.0. The Labute approximate surface area is 167 Å². The molecule has 0 saturated carbocycles. The van der Waals surface area contributed by atoms with Gasteiger partial charge in [-0.3, -0.25) is 4.79 Å². The molecular formula is C23H29ClN2O. The molecule has 4 heteroatoms. The lowest BCUT2D eigenvalue weighted by Gasteiger charge is -2.42. The van der Waals surface area contributed by atoms with Gasteiger partial charge in [-0.25, -0.2) is 0 Å². The monoisotopic (exact) mass is 384 g/mol. The van der Waals surface area contributed by atoms with Crippen LogP contribution >= 0.6 is 11.6 Å². The molecule has 1 aliphatic heterocycles. The van der Waals surface area contributed by atoms with E-state index in [0.717, 1.165) is 24.4 Å². The Bertz CT molecular complexity index is 749. The van der Waals surface area contributed by atoms with Crippen molar-refractivity contribution in [3.8, 4) is 0 Å². The molecule has 1 aliphatic rings. The van der Waals surface area contributed by atoms with Crippen LogP contribution in [0.15, 0.2) is 54.6 Å². The summed E-state index contributed by atoms with van der Waals surface area (Å²) in [6.07, 6.45) is 4.81. The van der Waals surface area contributed by atoms with Gasteiger partial charge in [0, 0.05) is 12.6 Å². The lowest BCUT2D eigenvalue weighted by Crippen LogP contribution is -2.49. The van der Waals surface area contributed by atoms with Crippen molar-refractivity contribution < 1.29 is 4.79 Å². The third kappa shape index (κ3) is 4.91. The van der Waals surface area contributed by atoms with Crippen LogP contribution in [0.3, 0.4) is 0 Å². The van der Waals surface area contributed by atoms with Gasteiger partial charge in [0.05, 0.1) is 16.6 Å². The summed E-state index contributed by atoms with van der Waals surface area (Å²) in [4.78, 5) is 15.4. The SMILES string of the molecule is CCCC1CCC(C(NC(=O)c2ccccc2Cl)c2ccccc2)N(C)C1. The largest absolute Gasteiger partial charge is 0.344 e. The number of hydrogen-bond acceptors (Lipinski definition) is 2. The number of hydrogen-bond donors (Lipinski definition) is 1. The second kappa shape index (κ2) is 9.38. The lowest BCUT2D eigenvalue weighted by atomic mass is 9.85. The standard InChI is InChI=1S/C23H29ClN2O/c1-3-9-17-14-15-21(26(2)16-17)22(18-10-5-4-6-11-18)25-23(27)19-12-7-8-13-20(19)24/h4-8,10-13,17,21-22H,3,9,14-16H2,1-2H3,(H,25,27). The second-order valence-electron chi connectivity index (χ2n) is 7.58. The highest BCUT2D eigenvalue weighted by molar-refractivity contribution is 6.33. The van der Waals surface area contributed by atoms with E-state index in [2.05, 4.69) is 36.3 Å². The molecule has 27 heavy (non-hydrogen) atoms. The molecular weight excluding hydrogens is 356 g/mol. The Morgan fingerprint density at radius 2 is 1.85 bits per heavy atom. The van der Waals surface area contributed by atoms with Crippen molar-refractivity contribution in [2.45, 2.75) is 44.7 Å². The number of likely N-dealkylation sites (N-methyl/N-ethyl adjacent to an activating group) is 1. The van der Waals surface area contributed by atoms with Gasteiger partial charge >= 0.3 is 0 Å². The van der Waals surface area contributed by atoms with Gasteiger partial charge in [0.1, 0.15) is 0 Å². The smallest absolute Gasteiger partial charge is 0.253 e. The molecule has 3 atom stereocenters. The molecule has 1 heterocycles. The number of piperidine rings is 1. The molecule has 0 aliphatic carbocycles. The minimum Gasteiger partial charge on any atom is -0.344 e. The fourth-order valence-corrected chi connectivity index (χ4v) is 4.47. The fraction of sp³-hybridized carbons (Fsp3) is 0.435. The summed E-state index contributed by atoms with van der Waals surface area (Å²) in [7, 11) is 2.18. The van der Waals surface area contributed by atoms with Gasteiger partial charge < -0.3 is 10.2 Å². The summed E-state index contributed by atoms with van der Waals surface area (Å²) in [6.45, 7) is 3.34. The molecule has 1 N–H and O–H groups in total. The number of likely N-dealkylation sites (tertiary alicyclic amines) is 1. The van der Waals surface area contributed by atoms with E-state index in [4.69, 9.17) is 11.6 Å². The highest BCUT2D eigenvalue weighted by atomic mass is 35.5. The summed E-state index contributed by atoms with van der Waals surface area (Å²) in [5, 5.41) is 3.76. The predicted octanol–water partition coefficient (Wildman–Crippen LogP) is 5.32. The van der Waals surface area contributed by atoms with Crippen molar-refractivity contribution in [3.63, 3.8) is 0 Å². The Kier molecular flexibility index (Phi) is 6.92. The average Bonchev–Trinajstić information content (AvgIpc) is 2.68. The highest BCUT2D eigenvalue weighted by Crippen LogP contribution is 2.32. The van der Waals surface area contributed by atoms with Crippen LogP contribution in [-0.2, 0) is 0 Å². The fourth-order valence-electron chi connectivity index (χ4n) is 4.25. The maximum atomic E-state index is 13.0. The topological polar surface area (TPSA) is 32.3 Å². The molecule has 3 nitrogen and oxygen atoms in total. The quantitative estimate of drug-likeness (QED) is 0.730. The van der Waals surface area contributed by atoms with Crippen LogP contribution in [-0.4, -0.2) is 30.4 Å². The first-order chi connectivity index (χ1) is 13.1. The van der Waals surface area contributed by atoms with Crippen LogP contribution in [0.5, 0.6) is 0 Å². The van der Waals surface area contributed by atoms with Crippen LogP contribution in [0.4, 0.5) is 0 Å². The number of halogens is 1. The number of carbonyl (C=O) groups is 1. The summed E-state index contributed by atoms with van der Waals surface area (Å²) in [5.41, 5.74) is 1.67. The van der Waals surface area contributed by atoms with E-state index < -0.39 is 0 Å². The molecule has 1 saturated heterocycles. The summed E-state index contributed by atoms with van der Waals surface area (Å²) >= 11 is 6.25. The molecule has 3 rings (SSSR count). The second-order valence-corrected chi connectivity index (χ2v) is 7.99. The summed E-state index contributed by atoms with van der Waals surface area (Å²) in [6, 6.07) is 17.7. The van der Waals surface area contributed by atoms with E-state index in [1.807, 2.05) is 30.3 Å². The maximum Gasteiger partial charge on any atom is 0.253 e. The molecule has 0 bridgehead atoms. The zero-order chi connectivity index (χ0) is 19.2. The lowest BCUT2D eigenvalue weighted by molar-refractivity contribution is 0.0802. The average molecular weight is 385 g/mol. The van der Waals surface area contributed by atoms with Gasteiger partial charge in [-0.1, -0.05) is 67.4 Å². The molecule has 0 spiro atoms. The van der Waals surface area contributed by atoms with Gasteiger partial charge in [-0.15, -0.1) is 0 Å². The van der Waals surface area contributed by atoms with Gasteiger partial charge in [0.25, 0.3) is 5.91 Å². The molecule has 2 aromatic carbocycles. The number of carbonyl (C=O) groups excluding carboxylic acids is 1. The molecule has 1 fully saturated rings. The third-order valence-electron chi connectivity index (χ3n) is 5.63. The minimum absolute atomic E-state index is 0.0532. The number of benzene rings is 2. The third-order valence-corrected chi connectivity index (χ3v) is 5.96. The van der Waals surface area contributed by atoms with Gasteiger partial charge in [0.2, 0.25) is 0 Å². The molecule has 0 aromatic heterocycles. The van der Waals surface area contributed by atoms with Crippen LogP contribution < -0.4 is 5.32 Å². The van der Waals surface area contributed by atoms with E-state index in [9.17, 15) is 4.79 Å². The van der Waals surface area contributed by atoms with Gasteiger partial charge in [-0.2, -0.15) is 0 Å². The van der Waals surface area contributed by atoms with Crippen molar-refractivity contribution in [2.24, 2.45) is 5.92 Å². The Balaban J connectivity index is 1.82. The van der Waals surface area contributed by atoms with Crippen molar-refractivity contribution in [1.29, 1.82) is 0 Å². The van der Waals surface area contributed by atoms with Crippen LogP contribution in [0.2, 0.25) is 5.02 Å². The van der Waals surface area contributed by atoms with Crippen LogP contribution in [0.25, 0.3) is 0 Å². The normalized spacial score (nSPS) is 21.6. The minimum atomic E-state index is -0.112. The molecule has 144 valence electrons. The van der Waals surface area contributed by atoms with E-state index >= 15 is 0 Å². The van der Waals surface area contributed by atoms with E-state index in [0.29, 0.717) is 10.6 Å². The molecule has 2 aromatic rings. The highest BCUT2D eigenvalue weighted by Gasteiger charge is 2.33. The first-order valence-corrected chi connectivity index (χ1v) is 10.3. The number of amides is 1. The Hall–Kier alpha value is -1.84. The van der Waals surface area contributed by atoms with Gasteiger partial charge in [0.15, 0.2) is 0 Å². The predicted molar refractivity (Wildman–Crippen MR) is 112 cm³/mol. The number of rotatable bonds is 6. The number of nitrogens with one attached hydrogen (secondary N) is 1. The Morgan fingerprint density at radius 3 is 2.52 bits per heavy atom. The van der Waals surface area contributed by atoms with Gasteiger partial charge in [-0.05, 0) is 49.9 Å². The molecule has 1 amide bonds. The number of nitrogens with zero attached hydrogens (tertiary/aromatic N) is 1. The van der Waals surface area contributed by atoms with Crippen molar-refractivity contribution in [3.05, 3.63) is 70.7 Å². The zero-order valence-corrected chi connectivity index (χ0v) is 17.0. The molecule has 3 unspecified atom stereocenters. The van der Waals surface area contributed by atoms with Crippen LogP contribution in [0.1, 0.15) is 54.6 Å². The zero-order valence-electron chi connectivity index (χ0n) is 16.2. The Morgan fingerprint density at radius 1 is 1.15 bits per heavy atom. The van der Waals surface area contributed by atoms with Crippen molar-refractivity contribution >= 4 is 17.5 Å². The van der Waals surface area contributed by atoms with Crippen LogP contribution in [0, 0.1) is 5.92 Å². The first-order valence-electron chi connectivity index (χ1n) is 9.90. The molecule has 0 radical (unpaired) electrons. The summed E-state index contributed by atoms with van der Waals surface area (Å²) < 4.78 is 0. The van der Waals surface area contributed by atoms with E-state index in [1.54, 1.807) is 12.1 Å². The van der Waals surface area contributed by atoms with E-state index in [1.165, 1.54) is 19.3 Å². The summed E-state index contributed by atoms with van der Waals surface area (Å²) in [5.74, 6) is 0.644. The first kappa shape index (κ1) is 19.9. The van der Waals surface area contributed by atoms with Crippen molar-refractivity contribution in [2.75, 3.05) is 13.6 Å². The van der Waals surface area contributed by atoms with E-state index in [-0.39, 0.29) is 18.0 Å². The van der Waals surface area contributed by atoms with Crippen molar-refractivity contribution in [1.82, 2.24) is 10.2 Å².